The molecule has 1 amide bonds. The lowest BCUT2D eigenvalue weighted by Crippen LogP contribution is -2.48. The SMILES string of the molecule is Cc1cccc(N(C)C(=O)[C@@H]2[C@H]3CCC[C@H]3CN2c2ncc(C(F)(F)F)cc2C(F)(F)F)c1. The van der Waals surface area contributed by atoms with Crippen molar-refractivity contribution in [1.82, 2.24) is 4.98 Å². The molecule has 2 aromatic rings. The van der Waals surface area contributed by atoms with Gasteiger partial charge in [-0.1, -0.05) is 18.6 Å². The number of hydrogen-bond acceptors (Lipinski definition) is 3. The van der Waals surface area contributed by atoms with Crippen LogP contribution in [0, 0.1) is 18.8 Å². The lowest BCUT2D eigenvalue weighted by atomic mass is 9.93. The molecule has 2 fully saturated rings. The van der Waals surface area contributed by atoms with Gasteiger partial charge in [0.1, 0.15) is 11.9 Å². The number of fused-ring (bicyclic) bond motifs is 1. The first kappa shape index (κ1) is 23.4. The fraction of sp³-hybridized carbons (Fsp3) is 0.478. The Morgan fingerprint density at radius 3 is 2.45 bits per heavy atom. The van der Waals surface area contributed by atoms with Gasteiger partial charge in [-0.3, -0.25) is 4.79 Å². The Hall–Kier alpha value is -2.78. The van der Waals surface area contributed by atoms with Crippen molar-refractivity contribution in [2.24, 2.45) is 11.8 Å². The van der Waals surface area contributed by atoms with Gasteiger partial charge < -0.3 is 9.80 Å². The van der Waals surface area contributed by atoms with Crippen molar-refractivity contribution in [2.75, 3.05) is 23.4 Å². The number of hydrogen-bond donors (Lipinski definition) is 0. The van der Waals surface area contributed by atoms with Gasteiger partial charge in [0.05, 0.1) is 11.1 Å². The van der Waals surface area contributed by atoms with Crippen molar-refractivity contribution in [3.05, 3.63) is 53.2 Å². The fourth-order valence-electron chi connectivity index (χ4n) is 5.05. The number of pyridine rings is 1. The summed E-state index contributed by atoms with van der Waals surface area (Å²) in [5.41, 5.74) is -1.44. The topological polar surface area (TPSA) is 36.4 Å². The molecule has 1 saturated heterocycles. The zero-order valence-corrected chi connectivity index (χ0v) is 18.0. The number of alkyl halides is 6. The lowest BCUT2D eigenvalue weighted by Gasteiger charge is -2.33. The van der Waals surface area contributed by atoms with Crippen LogP contribution in [0.2, 0.25) is 0 Å². The van der Waals surface area contributed by atoms with Gasteiger partial charge in [-0.15, -0.1) is 0 Å². The highest BCUT2D eigenvalue weighted by atomic mass is 19.4. The normalized spacial score (nSPS) is 23.0. The van der Waals surface area contributed by atoms with Crippen LogP contribution in [0.15, 0.2) is 36.5 Å². The molecule has 4 nitrogen and oxygen atoms in total. The lowest BCUT2D eigenvalue weighted by molar-refractivity contribution is -0.143. The molecular formula is C23H23F6N3O. The summed E-state index contributed by atoms with van der Waals surface area (Å²) in [6, 6.07) is 6.31. The third kappa shape index (κ3) is 4.39. The van der Waals surface area contributed by atoms with E-state index in [-0.39, 0.29) is 24.4 Å². The van der Waals surface area contributed by atoms with Crippen LogP contribution >= 0.6 is 0 Å². The summed E-state index contributed by atoms with van der Waals surface area (Å²) in [5.74, 6) is -1.23. The molecule has 1 aliphatic carbocycles. The van der Waals surface area contributed by atoms with Gasteiger partial charge in [0.25, 0.3) is 0 Å². The van der Waals surface area contributed by atoms with Crippen molar-refractivity contribution >= 4 is 17.4 Å². The van der Waals surface area contributed by atoms with E-state index in [0.717, 1.165) is 18.4 Å². The largest absolute Gasteiger partial charge is 0.419 e. The highest BCUT2D eigenvalue weighted by molar-refractivity contribution is 5.99. The molecular weight excluding hydrogens is 448 g/mol. The highest BCUT2D eigenvalue weighted by Gasteiger charge is 2.51. The summed E-state index contributed by atoms with van der Waals surface area (Å²) < 4.78 is 80.8. The summed E-state index contributed by atoms with van der Waals surface area (Å²) in [5, 5.41) is 0. The van der Waals surface area contributed by atoms with Gasteiger partial charge in [-0.05, 0) is 55.4 Å². The van der Waals surface area contributed by atoms with Crippen LogP contribution in [0.5, 0.6) is 0 Å². The predicted molar refractivity (Wildman–Crippen MR) is 111 cm³/mol. The van der Waals surface area contributed by atoms with Crippen LogP contribution in [0.3, 0.4) is 0 Å². The average Bonchev–Trinajstić information content (AvgIpc) is 3.32. The number of aromatic nitrogens is 1. The monoisotopic (exact) mass is 471 g/mol. The molecule has 10 heteroatoms. The van der Waals surface area contributed by atoms with Gasteiger partial charge in [0.2, 0.25) is 5.91 Å². The second-order valence-corrected chi connectivity index (χ2v) is 8.78. The maximum absolute atomic E-state index is 13.8. The molecule has 0 spiro atoms. The van der Waals surface area contributed by atoms with Gasteiger partial charge in [0, 0.05) is 25.5 Å². The minimum Gasteiger partial charge on any atom is -0.343 e. The number of nitrogens with zero attached hydrogens (tertiary/aromatic N) is 3. The molecule has 0 N–H and O–H groups in total. The minimum atomic E-state index is -5.06. The summed E-state index contributed by atoms with van der Waals surface area (Å²) in [7, 11) is 1.56. The summed E-state index contributed by atoms with van der Waals surface area (Å²) in [4.78, 5) is 19.9. The number of rotatable bonds is 3. The second kappa shape index (κ2) is 8.22. The number of benzene rings is 1. The molecule has 4 rings (SSSR count). The summed E-state index contributed by atoms with van der Waals surface area (Å²) in [6.45, 7) is 2.00. The van der Waals surface area contributed by atoms with E-state index in [9.17, 15) is 31.1 Å². The van der Waals surface area contributed by atoms with E-state index >= 15 is 0 Å². The van der Waals surface area contributed by atoms with Crippen molar-refractivity contribution in [3.63, 3.8) is 0 Å². The van der Waals surface area contributed by atoms with Crippen LogP contribution in [0.25, 0.3) is 0 Å². The van der Waals surface area contributed by atoms with E-state index in [1.807, 2.05) is 13.0 Å². The smallest absolute Gasteiger partial charge is 0.343 e. The Balaban J connectivity index is 1.77. The fourth-order valence-corrected chi connectivity index (χ4v) is 5.05. The Morgan fingerprint density at radius 1 is 1.09 bits per heavy atom. The molecule has 2 heterocycles. The van der Waals surface area contributed by atoms with E-state index < -0.39 is 41.2 Å². The molecule has 0 unspecified atom stereocenters. The van der Waals surface area contributed by atoms with Crippen LogP contribution in [-0.4, -0.2) is 30.5 Å². The first-order valence-corrected chi connectivity index (χ1v) is 10.6. The molecule has 1 aromatic carbocycles. The second-order valence-electron chi connectivity index (χ2n) is 8.78. The van der Waals surface area contributed by atoms with E-state index in [2.05, 4.69) is 4.98 Å². The molecule has 0 radical (unpaired) electrons. The Kier molecular flexibility index (Phi) is 5.82. The molecule has 1 saturated carbocycles. The molecule has 33 heavy (non-hydrogen) atoms. The van der Waals surface area contributed by atoms with Crippen molar-refractivity contribution in [2.45, 2.75) is 44.6 Å². The molecule has 1 aliphatic heterocycles. The van der Waals surface area contributed by atoms with Crippen molar-refractivity contribution < 1.29 is 31.1 Å². The minimum absolute atomic E-state index is 0.0185. The van der Waals surface area contributed by atoms with Gasteiger partial charge in [-0.25, -0.2) is 4.98 Å². The van der Waals surface area contributed by atoms with Gasteiger partial charge in [0.15, 0.2) is 0 Å². The number of halogens is 6. The Morgan fingerprint density at radius 2 is 1.82 bits per heavy atom. The standard InChI is InChI=1S/C23H23F6N3O/c1-13-5-3-7-16(9-13)31(2)21(33)19-17-8-4-6-14(17)12-32(19)20-18(23(27,28)29)10-15(11-30-20)22(24,25)26/h3,5,7,9-11,14,17,19H,4,6,8,12H2,1-2H3/t14-,17-,19-/m0/s1. The third-order valence-corrected chi connectivity index (χ3v) is 6.63. The number of amides is 1. The number of anilines is 2. The number of carbonyl (C=O) groups is 1. The number of aryl methyl sites for hydroxylation is 1. The van der Waals surface area contributed by atoms with Gasteiger partial charge >= 0.3 is 12.4 Å². The van der Waals surface area contributed by atoms with E-state index in [0.29, 0.717) is 18.3 Å². The first-order chi connectivity index (χ1) is 15.4. The maximum Gasteiger partial charge on any atom is 0.419 e. The quantitative estimate of drug-likeness (QED) is 0.540. The zero-order chi connectivity index (χ0) is 24.1. The van der Waals surface area contributed by atoms with E-state index in [1.54, 1.807) is 25.2 Å². The average molecular weight is 471 g/mol. The Labute approximate surface area is 187 Å². The first-order valence-electron chi connectivity index (χ1n) is 10.6. The van der Waals surface area contributed by atoms with E-state index in [1.165, 1.54) is 9.80 Å². The van der Waals surface area contributed by atoms with Crippen molar-refractivity contribution in [1.29, 1.82) is 0 Å². The van der Waals surface area contributed by atoms with E-state index in [4.69, 9.17) is 0 Å². The zero-order valence-electron chi connectivity index (χ0n) is 18.0. The number of likely N-dealkylation sites (N-methyl/N-ethyl adjacent to an activating group) is 1. The molecule has 0 bridgehead atoms. The third-order valence-electron chi connectivity index (χ3n) is 6.63. The highest BCUT2D eigenvalue weighted by Crippen LogP contribution is 2.47. The Bertz CT molecular complexity index is 1050. The predicted octanol–water partition coefficient (Wildman–Crippen LogP) is 5.70. The molecule has 1 aromatic heterocycles. The molecule has 178 valence electrons. The maximum atomic E-state index is 13.8. The molecule has 2 aliphatic rings. The molecule has 3 atom stereocenters. The summed E-state index contributed by atoms with van der Waals surface area (Å²) >= 11 is 0. The van der Waals surface area contributed by atoms with Crippen LogP contribution in [-0.2, 0) is 17.1 Å². The van der Waals surface area contributed by atoms with Gasteiger partial charge in [-0.2, -0.15) is 26.3 Å². The summed E-state index contributed by atoms with van der Waals surface area (Å²) in [6.07, 6.45) is -7.34. The van der Waals surface area contributed by atoms with Crippen LogP contribution in [0.4, 0.5) is 37.8 Å². The number of carbonyl (C=O) groups excluding carboxylic acids is 1. The van der Waals surface area contributed by atoms with Crippen LogP contribution < -0.4 is 9.80 Å². The van der Waals surface area contributed by atoms with Crippen molar-refractivity contribution in [3.8, 4) is 0 Å². The van der Waals surface area contributed by atoms with Crippen LogP contribution in [0.1, 0.15) is 36.0 Å².